The van der Waals surface area contributed by atoms with Gasteiger partial charge in [-0.25, -0.2) is 4.79 Å². The summed E-state index contributed by atoms with van der Waals surface area (Å²) in [6.07, 6.45) is 1.36. The van der Waals surface area contributed by atoms with Crippen LogP contribution >= 0.6 is 0 Å². The number of esters is 1. The molecule has 0 N–H and O–H groups in total. The number of ether oxygens (including phenoxy) is 1. The number of hydrogen-bond donors (Lipinski definition) is 0. The Bertz CT molecular complexity index is 400. The van der Waals surface area contributed by atoms with Crippen LogP contribution in [0.3, 0.4) is 0 Å². The van der Waals surface area contributed by atoms with Gasteiger partial charge in [-0.3, -0.25) is 4.79 Å². The Morgan fingerprint density at radius 1 is 1.19 bits per heavy atom. The molecule has 0 unspecified atom stereocenters. The lowest BCUT2D eigenvalue weighted by atomic mass is 10.1. The summed E-state index contributed by atoms with van der Waals surface area (Å²) in [5.74, 6) is -0.680. The van der Waals surface area contributed by atoms with E-state index in [1.54, 1.807) is 38.1 Å². The van der Waals surface area contributed by atoms with Crippen molar-refractivity contribution in [3.63, 3.8) is 0 Å². The standard InChI is InChI=1S/C13H14O3/c1-10(2)8-13(15)16-9-12(14)11-6-4-3-5-7-11/h3-8H,9H2,1-2H3. The lowest BCUT2D eigenvalue weighted by molar-refractivity contribution is -0.136. The van der Waals surface area contributed by atoms with E-state index < -0.39 is 5.97 Å². The van der Waals surface area contributed by atoms with Gasteiger partial charge in [0.05, 0.1) is 0 Å². The molecule has 3 heteroatoms. The molecule has 0 fully saturated rings. The van der Waals surface area contributed by atoms with Gasteiger partial charge >= 0.3 is 5.97 Å². The third-order valence-electron chi connectivity index (χ3n) is 1.85. The molecule has 0 saturated carbocycles. The van der Waals surface area contributed by atoms with Crippen LogP contribution in [0.5, 0.6) is 0 Å². The zero-order valence-corrected chi connectivity index (χ0v) is 9.40. The lowest BCUT2D eigenvalue weighted by Crippen LogP contribution is -2.12. The number of Topliss-reactive ketones (excluding diaryl/α,β-unsaturated/α-hetero) is 1. The number of rotatable bonds is 4. The maximum Gasteiger partial charge on any atom is 0.331 e. The molecule has 1 rings (SSSR count). The first-order valence-electron chi connectivity index (χ1n) is 4.99. The average molecular weight is 218 g/mol. The van der Waals surface area contributed by atoms with Crippen LogP contribution in [-0.2, 0) is 9.53 Å². The fourth-order valence-electron chi connectivity index (χ4n) is 1.12. The quantitative estimate of drug-likeness (QED) is 0.442. The highest BCUT2D eigenvalue weighted by atomic mass is 16.5. The first-order chi connectivity index (χ1) is 7.59. The monoisotopic (exact) mass is 218 g/mol. The Labute approximate surface area is 94.7 Å². The van der Waals surface area contributed by atoms with Crippen molar-refractivity contribution >= 4 is 11.8 Å². The molecule has 0 saturated heterocycles. The summed E-state index contributed by atoms with van der Waals surface area (Å²) in [6.45, 7) is 3.37. The van der Waals surface area contributed by atoms with E-state index in [0.717, 1.165) is 5.57 Å². The van der Waals surface area contributed by atoms with E-state index >= 15 is 0 Å². The van der Waals surface area contributed by atoms with E-state index in [2.05, 4.69) is 0 Å². The van der Waals surface area contributed by atoms with Gasteiger partial charge < -0.3 is 4.74 Å². The smallest absolute Gasteiger partial charge is 0.331 e. The molecule has 1 aromatic carbocycles. The molecule has 0 spiro atoms. The highest BCUT2D eigenvalue weighted by molar-refractivity contribution is 5.98. The van der Waals surface area contributed by atoms with Crippen LogP contribution in [0.15, 0.2) is 42.0 Å². The van der Waals surface area contributed by atoms with E-state index in [4.69, 9.17) is 4.74 Å². The largest absolute Gasteiger partial charge is 0.454 e. The van der Waals surface area contributed by atoms with Crippen molar-refractivity contribution in [2.45, 2.75) is 13.8 Å². The molecule has 0 radical (unpaired) electrons. The van der Waals surface area contributed by atoms with Gasteiger partial charge in [-0.05, 0) is 13.8 Å². The number of benzene rings is 1. The summed E-state index contributed by atoms with van der Waals surface area (Å²) in [6, 6.07) is 8.75. The number of hydrogen-bond acceptors (Lipinski definition) is 3. The maximum absolute atomic E-state index is 11.5. The SMILES string of the molecule is CC(C)=CC(=O)OCC(=O)c1ccccc1. The van der Waals surface area contributed by atoms with Gasteiger partial charge in [-0.15, -0.1) is 0 Å². The number of carbonyl (C=O) groups excluding carboxylic acids is 2. The summed E-state index contributed by atoms with van der Waals surface area (Å²) in [5.41, 5.74) is 1.39. The van der Waals surface area contributed by atoms with Crippen LogP contribution in [0.4, 0.5) is 0 Å². The molecular formula is C13H14O3. The molecule has 0 aliphatic rings. The summed E-state index contributed by atoms with van der Waals surface area (Å²) in [5, 5.41) is 0. The second kappa shape index (κ2) is 5.85. The summed E-state index contributed by atoms with van der Waals surface area (Å²) >= 11 is 0. The first-order valence-corrected chi connectivity index (χ1v) is 4.99. The normalized spacial score (nSPS) is 9.38. The van der Waals surface area contributed by atoms with Gasteiger partial charge in [0.15, 0.2) is 12.4 Å². The molecule has 84 valence electrons. The van der Waals surface area contributed by atoms with Gasteiger partial charge in [0.25, 0.3) is 0 Å². The highest BCUT2D eigenvalue weighted by Crippen LogP contribution is 2.00. The zero-order chi connectivity index (χ0) is 12.0. The van der Waals surface area contributed by atoms with Gasteiger partial charge in [-0.2, -0.15) is 0 Å². The van der Waals surface area contributed by atoms with Crippen LogP contribution in [0.1, 0.15) is 24.2 Å². The van der Waals surface area contributed by atoms with Crippen molar-refractivity contribution < 1.29 is 14.3 Å². The molecule has 0 bridgehead atoms. The van der Waals surface area contributed by atoms with Gasteiger partial charge in [0, 0.05) is 11.6 Å². The third kappa shape index (κ3) is 4.09. The van der Waals surface area contributed by atoms with Crippen LogP contribution in [-0.4, -0.2) is 18.4 Å². The molecular weight excluding hydrogens is 204 g/mol. The first kappa shape index (κ1) is 12.2. The molecule has 0 heterocycles. The van der Waals surface area contributed by atoms with E-state index in [0.29, 0.717) is 5.56 Å². The lowest BCUT2D eigenvalue weighted by Gasteiger charge is -2.01. The molecule has 0 aliphatic heterocycles. The van der Waals surface area contributed by atoms with Crippen LogP contribution < -0.4 is 0 Å². The predicted octanol–water partition coefficient (Wildman–Crippen LogP) is 2.38. The Kier molecular flexibility index (Phi) is 4.45. The predicted molar refractivity (Wildman–Crippen MR) is 61.2 cm³/mol. The van der Waals surface area contributed by atoms with Crippen molar-refractivity contribution in [2.75, 3.05) is 6.61 Å². The summed E-state index contributed by atoms with van der Waals surface area (Å²) in [4.78, 5) is 22.7. The molecule has 0 atom stereocenters. The van der Waals surface area contributed by atoms with Gasteiger partial charge in [0.2, 0.25) is 0 Å². The van der Waals surface area contributed by atoms with Crippen molar-refractivity contribution in [3.05, 3.63) is 47.5 Å². The molecule has 0 aromatic heterocycles. The molecule has 3 nitrogen and oxygen atoms in total. The van der Waals surface area contributed by atoms with Crippen molar-refractivity contribution in [1.29, 1.82) is 0 Å². The summed E-state index contributed by atoms with van der Waals surface area (Å²) < 4.78 is 4.80. The Balaban J connectivity index is 2.48. The second-order valence-electron chi connectivity index (χ2n) is 3.62. The third-order valence-corrected chi connectivity index (χ3v) is 1.85. The van der Waals surface area contributed by atoms with Crippen LogP contribution in [0.25, 0.3) is 0 Å². The van der Waals surface area contributed by atoms with E-state index in [9.17, 15) is 9.59 Å². The molecule has 0 aliphatic carbocycles. The van der Waals surface area contributed by atoms with Crippen LogP contribution in [0.2, 0.25) is 0 Å². The van der Waals surface area contributed by atoms with Crippen molar-refractivity contribution in [1.82, 2.24) is 0 Å². The Morgan fingerprint density at radius 3 is 2.38 bits per heavy atom. The molecule has 1 aromatic rings. The van der Waals surface area contributed by atoms with E-state index in [1.165, 1.54) is 6.08 Å². The fraction of sp³-hybridized carbons (Fsp3) is 0.231. The van der Waals surface area contributed by atoms with Crippen molar-refractivity contribution in [2.24, 2.45) is 0 Å². The maximum atomic E-state index is 11.5. The second-order valence-corrected chi connectivity index (χ2v) is 3.62. The molecule has 16 heavy (non-hydrogen) atoms. The van der Waals surface area contributed by atoms with E-state index in [1.807, 2.05) is 6.07 Å². The van der Waals surface area contributed by atoms with Crippen molar-refractivity contribution in [3.8, 4) is 0 Å². The number of carbonyl (C=O) groups is 2. The Morgan fingerprint density at radius 2 is 1.81 bits per heavy atom. The van der Waals surface area contributed by atoms with Gasteiger partial charge in [0.1, 0.15) is 0 Å². The number of allylic oxidation sites excluding steroid dienone is 1. The minimum atomic E-state index is -0.482. The minimum absolute atomic E-state index is 0.198. The van der Waals surface area contributed by atoms with E-state index in [-0.39, 0.29) is 12.4 Å². The topological polar surface area (TPSA) is 43.4 Å². The molecule has 0 amide bonds. The minimum Gasteiger partial charge on any atom is -0.454 e. The fourth-order valence-corrected chi connectivity index (χ4v) is 1.12. The average Bonchev–Trinajstić information content (AvgIpc) is 2.26. The Hall–Kier alpha value is -1.90. The van der Waals surface area contributed by atoms with Crippen LogP contribution in [0, 0.1) is 0 Å². The zero-order valence-electron chi connectivity index (χ0n) is 9.40. The number of ketones is 1. The summed E-state index contributed by atoms with van der Waals surface area (Å²) in [7, 11) is 0. The highest BCUT2D eigenvalue weighted by Gasteiger charge is 2.07. The van der Waals surface area contributed by atoms with Gasteiger partial charge in [-0.1, -0.05) is 35.9 Å².